The first-order chi connectivity index (χ1) is 11.2. The third kappa shape index (κ3) is 2.27. The molecule has 0 spiro atoms. The lowest BCUT2D eigenvalue weighted by molar-refractivity contribution is -0.146. The smallest absolute Gasteiger partial charge is 0.302 e. The van der Waals surface area contributed by atoms with E-state index in [1.807, 2.05) is 12.3 Å². The number of aromatic amines is 1. The summed E-state index contributed by atoms with van der Waals surface area (Å²) in [6.45, 7) is 3.64. The summed E-state index contributed by atoms with van der Waals surface area (Å²) in [6, 6.07) is 1.99. The number of fused-ring (bicyclic) bond motifs is 3. The van der Waals surface area contributed by atoms with Crippen molar-refractivity contribution in [2.75, 3.05) is 0 Å². The maximum Gasteiger partial charge on any atom is 0.302 e. The van der Waals surface area contributed by atoms with Crippen LogP contribution < -0.4 is 0 Å². The molecule has 0 unspecified atom stereocenters. The second kappa shape index (κ2) is 5.33. The van der Waals surface area contributed by atoms with Crippen LogP contribution in [0.1, 0.15) is 44.9 Å². The zero-order valence-corrected chi connectivity index (χ0v) is 13.2. The van der Waals surface area contributed by atoms with E-state index in [0.29, 0.717) is 5.92 Å². The molecule has 4 rings (SSSR count). The van der Waals surface area contributed by atoms with E-state index in [0.717, 1.165) is 41.9 Å². The molecule has 0 radical (unpaired) electrons. The molecule has 1 aliphatic rings. The molecule has 1 aliphatic carbocycles. The number of aromatic nitrogens is 5. The topological polar surface area (TPSA) is 85.2 Å². The Balaban J connectivity index is 1.78. The number of hydrogen-bond acceptors (Lipinski definition) is 5. The number of H-pyrrole nitrogens is 1. The van der Waals surface area contributed by atoms with Gasteiger partial charge in [0, 0.05) is 19.0 Å². The molecule has 7 heteroatoms. The van der Waals surface area contributed by atoms with Crippen molar-refractivity contribution in [1.29, 1.82) is 0 Å². The normalized spacial score (nSPS) is 24.5. The zero-order chi connectivity index (χ0) is 16.0. The van der Waals surface area contributed by atoms with Gasteiger partial charge in [-0.05, 0) is 24.8 Å². The van der Waals surface area contributed by atoms with Gasteiger partial charge in [0.25, 0.3) is 0 Å². The Morgan fingerprint density at radius 1 is 1.43 bits per heavy atom. The number of nitrogens with zero attached hydrogens (tertiary/aromatic N) is 4. The molecule has 7 nitrogen and oxygen atoms in total. The number of carbonyl (C=O) groups is 1. The summed E-state index contributed by atoms with van der Waals surface area (Å²) in [5.74, 6) is 1.40. The lowest BCUT2D eigenvalue weighted by Crippen LogP contribution is -2.12. The standard InChI is InChI=1S/C16H19N5O2/c1-3-10-6-11(23-9(2)22)7-12(10)16-20-19-14-8-18-15-13(21(14)16)4-5-17-15/h4-5,8,10-12,17H,3,6-7H2,1-2H3/t10-,11+,12+/m1/s1. The summed E-state index contributed by atoms with van der Waals surface area (Å²) < 4.78 is 7.51. The van der Waals surface area contributed by atoms with Crippen molar-refractivity contribution >= 4 is 22.8 Å². The van der Waals surface area contributed by atoms with Crippen molar-refractivity contribution in [3.05, 3.63) is 24.3 Å². The van der Waals surface area contributed by atoms with E-state index in [9.17, 15) is 4.79 Å². The van der Waals surface area contributed by atoms with Gasteiger partial charge in [-0.25, -0.2) is 4.98 Å². The summed E-state index contributed by atoms with van der Waals surface area (Å²) >= 11 is 0. The van der Waals surface area contributed by atoms with Crippen LogP contribution in [0.3, 0.4) is 0 Å². The van der Waals surface area contributed by atoms with Gasteiger partial charge >= 0.3 is 5.97 Å². The minimum atomic E-state index is -0.214. The number of esters is 1. The molecule has 0 saturated heterocycles. The number of hydrogen-bond donors (Lipinski definition) is 1. The highest BCUT2D eigenvalue weighted by Gasteiger charge is 2.38. The van der Waals surface area contributed by atoms with E-state index >= 15 is 0 Å². The van der Waals surface area contributed by atoms with Gasteiger partial charge in [-0.2, -0.15) is 0 Å². The molecule has 3 aromatic rings. The van der Waals surface area contributed by atoms with Gasteiger partial charge in [0.1, 0.15) is 11.9 Å². The van der Waals surface area contributed by atoms with Gasteiger partial charge in [0.15, 0.2) is 11.3 Å². The quantitative estimate of drug-likeness (QED) is 0.751. The van der Waals surface area contributed by atoms with Gasteiger partial charge in [0.2, 0.25) is 0 Å². The van der Waals surface area contributed by atoms with E-state index < -0.39 is 0 Å². The summed E-state index contributed by atoms with van der Waals surface area (Å²) in [5.41, 5.74) is 2.55. The maximum absolute atomic E-state index is 11.3. The van der Waals surface area contributed by atoms with Crippen LogP contribution in [0, 0.1) is 5.92 Å². The monoisotopic (exact) mass is 313 g/mol. The Morgan fingerprint density at radius 3 is 3.09 bits per heavy atom. The van der Waals surface area contributed by atoms with E-state index in [2.05, 4.69) is 31.5 Å². The minimum absolute atomic E-state index is 0.0293. The van der Waals surface area contributed by atoms with Crippen molar-refractivity contribution in [2.24, 2.45) is 5.92 Å². The predicted molar refractivity (Wildman–Crippen MR) is 83.9 cm³/mol. The summed E-state index contributed by atoms with van der Waals surface area (Å²) in [7, 11) is 0. The van der Waals surface area contributed by atoms with Gasteiger partial charge in [-0.15, -0.1) is 10.2 Å². The summed E-state index contributed by atoms with van der Waals surface area (Å²) in [4.78, 5) is 18.7. The van der Waals surface area contributed by atoms with Crippen LogP contribution >= 0.6 is 0 Å². The van der Waals surface area contributed by atoms with Crippen LogP contribution in [0.5, 0.6) is 0 Å². The zero-order valence-electron chi connectivity index (χ0n) is 13.2. The number of rotatable bonds is 3. The Kier molecular flexibility index (Phi) is 3.28. The van der Waals surface area contributed by atoms with Crippen molar-refractivity contribution in [3.63, 3.8) is 0 Å². The van der Waals surface area contributed by atoms with Gasteiger partial charge in [-0.1, -0.05) is 13.3 Å². The molecule has 1 saturated carbocycles. The Labute approximate surface area is 133 Å². The predicted octanol–water partition coefficient (Wildman–Crippen LogP) is 2.44. The van der Waals surface area contributed by atoms with Gasteiger partial charge in [0.05, 0.1) is 11.7 Å². The molecular formula is C16H19N5O2. The molecule has 3 aromatic heterocycles. The van der Waals surface area contributed by atoms with E-state index in [-0.39, 0.29) is 18.0 Å². The lowest BCUT2D eigenvalue weighted by atomic mass is 9.93. The first kappa shape index (κ1) is 14.2. The minimum Gasteiger partial charge on any atom is -0.463 e. The van der Waals surface area contributed by atoms with Crippen LogP contribution in [0.2, 0.25) is 0 Å². The first-order valence-corrected chi connectivity index (χ1v) is 8.01. The number of carbonyl (C=O) groups excluding carboxylic acids is 1. The van der Waals surface area contributed by atoms with Crippen LogP contribution in [-0.4, -0.2) is 36.6 Å². The Morgan fingerprint density at radius 2 is 2.30 bits per heavy atom. The van der Waals surface area contributed by atoms with Crippen LogP contribution in [0.25, 0.3) is 16.8 Å². The summed E-state index contributed by atoms with van der Waals surface area (Å²) in [5, 5.41) is 8.71. The van der Waals surface area contributed by atoms with Gasteiger partial charge < -0.3 is 9.72 Å². The average molecular weight is 313 g/mol. The Bertz CT molecular complexity index is 868. The average Bonchev–Trinajstić information content (AvgIpc) is 3.22. The van der Waals surface area contributed by atoms with Crippen molar-refractivity contribution in [1.82, 2.24) is 24.6 Å². The molecule has 23 heavy (non-hydrogen) atoms. The lowest BCUT2D eigenvalue weighted by Gasteiger charge is -2.15. The fourth-order valence-corrected chi connectivity index (χ4v) is 3.81. The second-order valence-electron chi connectivity index (χ2n) is 6.20. The summed E-state index contributed by atoms with van der Waals surface area (Å²) in [6.07, 6.45) is 6.28. The van der Waals surface area contributed by atoms with Gasteiger partial charge in [-0.3, -0.25) is 9.20 Å². The number of nitrogens with one attached hydrogen (secondary N) is 1. The van der Waals surface area contributed by atoms with Crippen LogP contribution in [-0.2, 0) is 9.53 Å². The first-order valence-electron chi connectivity index (χ1n) is 8.01. The fraction of sp³-hybridized carbons (Fsp3) is 0.500. The third-order valence-electron chi connectivity index (χ3n) is 4.81. The van der Waals surface area contributed by atoms with Crippen molar-refractivity contribution < 1.29 is 9.53 Å². The maximum atomic E-state index is 11.3. The highest BCUT2D eigenvalue weighted by molar-refractivity contribution is 5.74. The fourth-order valence-electron chi connectivity index (χ4n) is 3.81. The molecule has 0 aliphatic heterocycles. The van der Waals surface area contributed by atoms with Crippen molar-refractivity contribution in [2.45, 2.75) is 45.1 Å². The Hall–Kier alpha value is -2.44. The SMILES string of the molecule is CC[C@@H]1C[C@H](OC(C)=O)C[C@@H]1c1nnc2cnc3[nH]ccc3n12. The molecule has 3 heterocycles. The van der Waals surface area contributed by atoms with Crippen LogP contribution in [0.15, 0.2) is 18.5 Å². The molecule has 1 fully saturated rings. The number of ether oxygens (including phenoxy) is 1. The van der Waals surface area contributed by atoms with Crippen molar-refractivity contribution in [3.8, 4) is 0 Å². The molecule has 0 bridgehead atoms. The molecule has 1 N–H and O–H groups in total. The van der Waals surface area contributed by atoms with Crippen LogP contribution in [0.4, 0.5) is 0 Å². The second-order valence-corrected chi connectivity index (χ2v) is 6.20. The van der Waals surface area contributed by atoms with E-state index in [1.165, 1.54) is 6.92 Å². The third-order valence-corrected chi connectivity index (χ3v) is 4.81. The molecule has 0 aromatic carbocycles. The van der Waals surface area contributed by atoms with E-state index in [4.69, 9.17) is 4.74 Å². The largest absolute Gasteiger partial charge is 0.463 e. The highest BCUT2D eigenvalue weighted by atomic mass is 16.5. The molecule has 0 amide bonds. The van der Waals surface area contributed by atoms with E-state index in [1.54, 1.807) is 6.20 Å². The highest BCUT2D eigenvalue weighted by Crippen LogP contribution is 2.42. The molecule has 120 valence electrons. The molecule has 3 atom stereocenters. The molecular weight excluding hydrogens is 294 g/mol.